The van der Waals surface area contributed by atoms with Crippen molar-refractivity contribution < 1.29 is 19.5 Å². The summed E-state index contributed by atoms with van der Waals surface area (Å²) < 4.78 is 0. The molecule has 0 saturated carbocycles. The van der Waals surface area contributed by atoms with Crippen molar-refractivity contribution in [2.24, 2.45) is 0 Å². The maximum absolute atomic E-state index is 10.8. The minimum absolute atomic E-state index is 0.0206. The van der Waals surface area contributed by atoms with Crippen molar-refractivity contribution >= 4 is 28.7 Å². The van der Waals surface area contributed by atoms with E-state index in [2.05, 4.69) is 10.5 Å². The molecule has 0 atom stereocenters. The number of hydroxylamine groups is 1. The monoisotopic (exact) mass is 258 g/mol. The second-order valence-electron chi connectivity index (χ2n) is 3.62. The summed E-state index contributed by atoms with van der Waals surface area (Å²) in [7, 11) is 0. The maximum Gasteiger partial charge on any atom is 0.337 e. The lowest BCUT2D eigenvalue weighted by molar-refractivity contribution is -0.170. The van der Waals surface area contributed by atoms with Crippen molar-refractivity contribution in [1.82, 2.24) is 10.5 Å². The molecule has 0 unspecified atom stereocenters. The zero-order valence-corrected chi connectivity index (χ0v) is 10.1. The van der Waals surface area contributed by atoms with E-state index in [-0.39, 0.29) is 6.04 Å². The fourth-order valence-corrected chi connectivity index (χ4v) is 1.34. The molecule has 1 radical (unpaired) electrons. The Balaban J connectivity index is 2.66. The Morgan fingerprint density at radius 1 is 1.71 bits per heavy atom. The number of hydrogen-bond donors (Lipinski definition) is 3. The Kier molecular flexibility index (Phi) is 4.16. The van der Waals surface area contributed by atoms with E-state index in [4.69, 9.17) is 15.7 Å². The van der Waals surface area contributed by atoms with Crippen LogP contribution in [0.15, 0.2) is 5.38 Å². The highest BCUT2D eigenvalue weighted by Gasteiger charge is 2.30. The Labute approximate surface area is 102 Å². The number of aldehydes is 1. The van der Waals surface area contributed by atoms with Gasteiger partial charge in [-0.3, -0.25) is 4.84 Å². The smallest absolute Gasteiger partial charge is 0.337 e. The summed E-state index contributed by atoms with van der Waals surface area (Å²) >= 11 is 1.16. The van der Waals surface area contributed by atoms with Gasteiger partial charge in [-0.25, -0.2) is 9.78 Å². The standard InChI is InChI=1S/C9H12N3O4S/c1-9(2,7(14)15)16-12-5(3-13)6-4-17-8(10)11-6/h3-4,12H,1-2H3,(H2,10,11)(H,14,15). The molecule has 0 spiro atoms. The van der Waals surface area contributed by atoms with E-state index in [0.29, 0.717) is 17.1 Å². The molecule has 0 bridgehead atoms. The van der Waals surface area contributed by atoms with E-state index in [0.717, 1.165) is 11.3 Å². The molecule has 1 aromatic heterocycles. The average molecular weight is 258 g/mol. The van der Waals surface area contributed by atoms with Crippen LogP contribution in [0.25, 0.3) is 0 Å². The van der Waals surface area contributed by atoms with Crippen LogP contribution in [0.4, 0.5) is 5.13 Å². The third-order valence-electron chi connectivity index (χ3n) is 1.85. The van der Waals surface area contributed by atoms with Crippen LogP contribution in [0, 0.1) is 6.04 Å². The molecule has 93 valence electrons. The molecule has 0 aliphatic rings. The molecule has 7 nitrogen and oxygen atoms in total. The SMILES string of the molecule is CC(C)(ON[C](C=O)c1csc(N)n1)C(=O)O. The number of aliphatic carboxylic acids is 1. The number of thiazole rings is 1. The molecule has 1 heterocycles. The number of carbonyl (C=O) groups is 2. The van der Waals surface area contributed by atoms with Crippen LogP contribution in [0.2, 0.25) is 0 Å². The number of rotatable bonds is 6. The number of anilines is 1. The summed E-state index contributed by atoms with van der Waals surface area (Å²) in [4.78, 5) is 30.3. The Bertz CT molecular complexity index is 418. The minimum Gasteiger partial charge on any atom is -0.479 e. The van der Waals surface area contributed by atoms with E-state index < -0.39 is 11.6 Å². The van der Waals surface area contributed by atoms with Gasteiger partial charge in [0, 0.05) is 5.38 Å². The number of nitrogens with one attached hydrogen (secondary N) is 1. The maximum atomic E-state index is 10.8. The zero-order chi connectivity index (χ0) is 13.1. The Morgan fingerprint density at radius 3 is 2.76 bits per heavy atom. The first kappa shape index (κ1) is 13.6. The number of hydrogen-bond acceptors (Lipinski definition) is 7. The average Bonchev–Trinajstić information content (AvgIpc) is 2.65. The quantitative estimate of drug-likeness (QED) is 0.492. The molecule has 0 aromatic carbocycles. The molecular formula is C9H12N3O4S. The molecule has 1 aromatic rings. The molecule has 0 aliphatic carbocycles. The largest absolute Gasteiger partial charge is 0.479 e. The van der Waals surface area contributed by atoms with E-state index in [1.165, 1.54) is 13.8 Å². The van der Waals surface area contributed by atoms with Gasteiger partial charge >= 0.3 is 5.97 Å². The molecule has 0 amide bonds. The van der Waals surface area contributed by atoms with Crippen molar-refractivity contribution in [2.45, 2.75) is 19.4 Å². The van der Waals surface area contributed by atoms with Crippen LogP contribution >= 0.6 is 11.3 Å². The Morgan fingerprint density at radius 2 is 2.35 bits per heavy atom. The number of nitrogens with two attached hydrogens (primary N) is 1. The van der Waals surface area contributed by atoms with Crippen LogP contribution in [-0.4, -0.2) is 27.9 Å². The van der Waals surface area contributed by atoms with Gasteiger partial charge in [0.25, 0.3) is 0 Å². The van der Waals surface area contributed by atoms with Crippen molar-refractivity contribution in [1.29, 1.82) is 0 Å². The van der Waals surface area contributed by atoms with Crippen molar-refractivity contribution in [3.63, 3.8) is 0 Å². The lowest BCUT2D eigenvalue weighted by Gasteiger charge is -2.21. The van der Waals surface area contributed by atoms with Crippen molar-refractivity contribution in [2.75, 3.05) is 5.73 Å². The number of nitrogens with zero attached hydrogens (tertiary/aromatic N) is 1. The highest BCUT2D eigenvalue weighted by Crippen LogP contribution is 2.17. The zero-order valence-electron chi connectivity index (χ0n) is 9.26. The highest BCUT2D eigenvalue weighted by molar-refractivity contribution is 7.13. The summed E-state index contributed by atoms with van der Waals surface area (Å²) in [5, 5.41) is 10.7. The van der Waals surface area contributed by atoms with Crippen molar-refractivity contribution in [3.05, 3.63) is 17.1 Å². The number of nitrogen functional groups attached to an aromatic ring is 1. The normalized spacial score (nSPS) is 11.7. The predicted molar refractivity (Wildman–Crippen MR) is 60.9 cm³/mol. The van der Waals surface area contributed by atoms with E-state index in [9.17, 15) is 9.59 Å². The summed E-state index contributed by atoms with van der Waals surface area (Å²) in [5.41, 5.74) is 6.54. The number of carboxylic acids is 1. The van der Waals surface area contributed by atoms with Gasteiger partial charge in [-0.2, -0.15) is 5.48 Å². The molecule has 4 N–H and O–H groups in total. The van der Waals surface area contributed by atoms with Crippen LogP contribution in [0.5, 0.6) is 0 Å². The lowest BCUT2D eigenvalue weighted by Crippen LogP contribution is -2.41. The van der Waals surface area contributed by atoms with Gasteiger partial charge in [0.15, 0.2) is 23.1 Å². The number of carboxylic acid groups (broad SMARTS) is 1. The van der Waals surface area contributed by atoms with Gasteiger partial charge in [0.05, 0.1) is 5.69 Å². The molecule has 8 heteroatoms. The van der Waals surface area contributed by atoms with Gasteiger partial charge < -0.3 is 15.6 Å². The first-order valence-corrected chi connectivity index (χ1v) is 5.45. The van der Waals surface area contributed by atoms with Gasteiger partial charge in [-0.05, 0) is 13.8 Å². The van der Waals surface area contributed by atoms with Gasteiger partial charge in [-0.1, -0.05) is 0 Å². The van der Waals surface area contributed by atoms with Crippen LogP contribution in [0.3, 0.4) is 0 Å². The van der Waals surface area contributed by atoms with E-state index in [1.54, 1.807) is 5.38 Å². The number of aromatic nitrogens is 1. The number of carbonyl (C=O) groups excluding carboxylic acids is 1. The molecule has 0 fully saturated rings. The van der Waals surface area contributed by atoms with Gasteiger partial charge in [0.2, 0.25) is 0 Å². The first-order chi connectivity index (χ1) is 7.86. The van der Waals surface area contributed by atoms with Crippen LogP contribution in [-0.2, 0) is 14.4 Å². The highest BCUT2D eigenvalue weighted by atomic mass is 32.1. The summed E-state index contributed by atoms with van der Waals surface area (Å²) in [6.45, 7) is 2.69. The fraction of sp³-hybridized carbons (Fsp3) is 0.333. The molecular weight excluding hydrogens is 246 g/mol. The molecule has 0 aliphatic heterocycles. The van der Waals surface area contributed by atoms with Gasteiger partial charge in [0.1, 0.15) is 0 Å². The van der Waals surface area contributed by atoms with Gasteiger partial charge in [-0.15, -0.1) is 11.3 Å². The lowest BCUT2D eigenvalue weighted by atomic mass is 10.1. The summed E-state index contributed by atoms with van der Waals surface area (Å²) in [6.07, 6.45) is 0.479. The third-order valence-corrected chi connectivity index (χ3v) is 2.52. The predicted octanol–water partition coefficient (Wildman–Crippen LogP) is 0.189. The summed E-state index contributed by atoms with van der Waals surface area (Å²) in [5.74, 6) is -1.16. The third kappa shape index (κ3) is 3.48. The van der Waals surface area contributed by atoms with E-state index in [1.807, 2.05) is 0 Å². The second-order valence-corrected chi connectivity index (χ2v) is 4.51. The molecule has 1 rings (SSSR count). The van der Waals surface area contributed by atoms with Crippen LogP contribution in [0.1, 0.15) is 19.5 Å². The topological polar surface area (TPSA) is 115 Å². The Hall–Kier alpha value is -1.51. The first-order valence-electron chi connectivity index (χ1n) is 4.57. The molecule has 0 saturated heterocycles. The van der Waals surface area contributed by atoms with Crippen LogP contribution < -0.4 is 11.2 Å². The second kappa shape index (κ2) is 5.21. The van der Waals surface area contributed by atoms with E-state index >= 15 is 0 Å². The fourth-order valence-electron chi connectivity index (χ4n) is 0.774. The van der Waals surface area contributed by atoms with Crippen molar-refractivity contribution in [3.8, 4) is 0 Å². The molecule has 17 heavy (non-hydrogen) atoms. The minimum atomic E-state index is -1.46. The summed E-state index contributed by atoms with van der Waals surface area (Å²) in [6, 6.07) is 0.0206.